The topological polar surface area (TPSA) is 67.4 Å². The fourth-order valence-electron chi connectivity index (χ4n) is 3.11. The van der Waals surface area contributed by atoms with Crippen LogP contribution in [0.25, 0.3) is 0 Å². The minimum absolute atomic E-state index is 0.0867. The lowest BCUT2D eigenvalue weighted by atomic mass is 9.97. The van der Waals surface area contributed by atoms with Crippen LogP contribution in [0.2, 0.25) is 0 Å². The van der Waals surface area contributed by atoms with E-state index in [1.165, 1.54) is 0 Å². The lowest BCUT2D eigenvalue weighted by Crippen LogP contribution is -2.35. The predicted molar refractivity (Wildman–Crippen MR) is 85.5 cm³/mol. The molecule has 4 rings (SSSR count). The number of nitrogens with one attached hydrogen (secondary N) is 2. The molecular formula is C18H16N2O3. The Kier molecular flexibility index (Phi) is 3.26. The van der Waals surface area contributed by atoms with Gasteiger partial charge in [-0.05, 0) is 35.4 Å². The quantitative estimate of drug-likeness (QED) is 0.895. The molecule has 23 heavy (non-hydrogen) atoms. The Balaban J connectivity index is 1.58. The maximum Gasteiger partial charge on any atom is 0.251 e. The van der Waals surface area contributed by atoms with Crippen LogP contribution in [-0.4, -0.2) is 18.4 Å². The first-order chi connectivity index (χ1) is 11.2. The Morgan fingerprint density at radius 1 is 1.22 bits per heavy atom. The number of benzene rings is 2. The highest BCUT2D eigenvalue weighted by Crippen LogP contribution is 2.31. The van der Waals surface area contributed by atoms with Crippen molar-refractivity contribution in [2.75, 3.05) is 11.9 Å². The van der Waals surface area contributed by atoms with Gasteiger partial charge in [0.2, 0.25) is 5.91 Å². The van der Waals surface area contributed by atoms with E-state index in [4.69, 9.17) is 4.74 Å². The first-order valence-electron chi connectivity index (χ1n) is 7.66. The Labute approximate surface area is 133 Å². The van der Waals surface area contributed by atoms with Gasteiger partial charge in [-0.1, -0.05) is 18.2 Å². The van der Waals surface area contributed by atoms with Crippen LogP contribution >= 0.6 is 0 Å². The van der Waals surface area contributed by atoms with Crippen LogP contribution in [0.4, 0.5) is 5.69 Å². The number of rotatable bonds is 2. The van der Waals surface area contributed by atoms with E-state index in [1.54, 1.807) is 6.07 Å². The van der Waals surface area contributed by atoms with Crippen molar-refractivity contribution in [1.82, 2.24) is 5.32 Å². The minimum atomic E-state index is -0.308. The van der Waals surface area contributed by atoms with Crippen molar-refractivity contribution in [2.24, 2.45) is 0 Å². The molecule has 1 unspecified atom stereocenters. The highest BCUT2D eigenvalue weighted by Gasteiger charge is 2.26. The summed E-state index contributed by atoms with van der Waals surface area (Å²) in [6, 6.07) is 12.7. The summed E-state index contributed by atoms with van der Waals surface area (Å²) >= 11 is 0. The summed E-state index contributed by atoms with van der Waals surface area (Å²) in [7, 11) is 0. The SMILES string of the molecule is O=C1CC(NC(=O)c2ccc3c(c2)CCO3)c2ccccc2N1. The molecule has 2 aliphatic rings. The number of hydrogen-bond donors (Lipinski definition) is 2. The molecule has 0 radical (unpaired) electrons. The Bertz CT molecular complexity index is 801. The van der Waals surface area contributed by atoms with Crippen LogP contribution < -0.4 is 15.4 Å². The Morgan fingerprint density at radius 2 is 2.09 bits per heavy atom. The predicted octanol–water partition coefficient (Wildman–Crippen LogP) is 2.43. The highest BCUT2D eigenvalue weighted by molar-refractivity contribution is 5.98. The number of amides is 2. The smallest absolute Gasteiger partial charge is 0.251 e. The summed E-state index contributed by atoms with van der Waals surface area (Å²) in [5, 5.41) is 5.80. The first kappa shape index (κ1) is 13.8. The fourth-order valence-corrected chi connectivity index (χ4v) is 3.11. The van der Waals surface area contributed by atoms with E-state index in [-0.39, 0.29) is 24.3 Å². The lowest BCUT2D eigenvalue weighted by Gasteiger charge is -2.26. The third kappa shape index (κ3) is 2.54. The normalized spacial score (nSPS) is 18.4. The summed E-state index contributed by atoms with van der Waals surface area (Å²) in [5.41, 5.74) is 3.35. The molecule has 0 aromatic heterocycles. The molecule has 5 nitrogen and oxygen atoms in total. The summed E-state index contributed by atoms with van der Waals surface area (Å²) in [5.74, 6) is 0.592. The van der Waals surface area contributed by atoms with E-state index in [9.17, 15) is 9.59 Å². The Morgan fingerprint density at radius 3 is 3.00 bits per heavy atom. The molecule has 0 bridgehead atoms. The van der Waals surface area contributed by atoms with Crippen LogP contribution in [0.5, 0.6) is 5.75 Å². The van der Waals surface area contributed by atoms with Crippen molar-refractivity contribution in [2.45, 2.75) is 18.9 Å². The molecule has 2 amide bonds. The van der Waals surface area contributed by atoms with E-state index >= 15 is 0 Å². The van der Waals surface area contributed by atoms with Crippen molar-refractivity contribution in [3.63, 3.8) is 0 Å². The number of hydrogen-bond acceptors (Lipinski definition) is 3. The van der Waals surface area contributed by atoms with Gasteiger partial charge in [0.1, 0.15) is 5.75 Å². The molecule has 5 heteroatoms. The van der Waals surface area contributed by atoms with Crippen molar-refractivity contribution in [3.8, 4) is 5.75 Å². The van der Waals surface area contributed by atoms with Gasteiger partial charge in [0, 0.05) is 17.7 Å². The summed E-state index contributed by atoms with van der Waals surface area (Å²) < 4.78 is 5.46. The van der Waals surface area contributed by atoms with Crippen LogP contribution in [0, 0.1) is 0 Å². The third-order valence-corrected chi connectivity index (χ3v) is 4.26. The molecule has 0 spiro atoms. The molecule has 0 aliphatic carbocycles. The Hall–Kier alpha value is -2.82. The molecule has 0 fully saturated rings. The zero-order valence-electron chi connectivity index (χ0n) is 12.5. The maximum absolute atomic E-state index is 12.5. The minimum Gasteiger partial charge on any atom is -0.493 e. The van der Waals surface area contributed by atoms with Gasteiger partial charge in [0.15, 0.2) is 0 Å². The number of anilines is 1. The summed E-state index contributed by atoms with van der Waals surface area (Å²) in [4.78, 5) is 24.4. The average molecular weight is 308 g/mol. The fraction of sp³-hybridized carbons (Fsp3) is 0.222. The molecule has 2 aliphatic heterocycles. The van der Waals surface area contributed by atoms with Gasteiger partial charge in [-0.15, -0.1) is 0 Å². The highest BCUT2D eigenvalue weighted by atomic mass is 16.5. The number of carbonyl (C=O) groups is 2. The van der Waals surface area contributed by atoms with Gasteiger partial charge in [0.25, 0.3) is 5.91 Å². The van der Waals surface area contributed by atoms with Gasteiger partial charge in [-0.2, -0.15) is 0 Å². The van der Waals surface area contributed by atoms with E-state index in [1.807, 2.05) is 36.4 Å². The van der Waals surface area contributed by atoms with Gasteiger partial charge in [-0.3, -0.25) is 9.59 Å². The molecule has 2 heterocycles. The van der Waals surface area contributed by atoms with Gasteiger partial charge in [0.05, 0.1) is 19.1 Å². The van der Waals surface area contributed by atoms with Crippen LogP contribution in [0.3, 0.4) is 0 Å². The van der Waals surface area contributed by atoms with Crippen molar-refractivity contribution in [3.05, 3.63) is 59.2 Å². The average Bonchev–Trinajstić information content (AvgIpc) is 3.02. The monoisotopic (exact) mass is 308 g/mol. The molecular weight excluding hydrogens is 292 g/mol. The van der Waals surface area contributed by atoms with E-state index in [0.717, 1.165) is 29.0 Å². The van der Waals surface area contributed by atoms with E-state index < -0.39 is 0 Å². The first-order valence-corrected chi connectivity index (χ1v) is 7.66. The zero-order chi connectivity index (χ0) is 15.8. The van der Waals surface area contributed by atoms with Crippen LogP contribution in [0.1, 0.15) is 33.9 Å². The molecule has 2 aromatic rings. The van der Waals surface area contributed by atoms with E-state index in [2.05, 4.69) is 10.6 Å². The third-order valence-electron chi connectivity index (χ3n) is 4.26. The van der Waals surface area contributed by atoms with Gasteiger partial charge < -0.3 is 15.4 Å². The van der Waals surface area contributed by atoms with E-state index in [0.29, 0.717) is 12.2 Å². The standard InChI is InChI=1S/C18H16N2O3/c21-17-10-15(13-3-1-2-4-14(13)19-17)20-18(22)12-5-6-16-11(9-12)7-8-23-16/h1-6,9,15H,7-8,10H2,(H,19,21)(H,20,22). The molecule has 2 aromatic carbocycles. The van der Waals surface area contributed by atoms with Gasteiger partial charge in [-0.25, -0.2) is 0 Å². The zero-order valence-corrected chi connectivity index (χ0v) is 12.5. The molecule has 2 N–H and O–H groups in total. The number of fused-ring (bicyclic) bond motifs is 2. The van der Waals surface area contributed by atoms with Crippen molar-refractivity contribution >= 4 is 17.5 Å². The summed E-state index contributed by atoms with van der Waals surface area (Å²) in [6.45, 7) is 0.663. The largest absolute Gasteiger partial charge is 0.493 e. The maximum atomic E-state index is 12.5. The van der Waals surface area contributed by atoms with Gasteiger partial charge >= 0.3 is 0 Å². The second kappa shape index (κ2) is 5.43. The molecule has 116 valence electrons. The number of para-hydroxylation sites is 1. The second-order valence-corrected chi connectivity index (χ2v) is 5.79. The summed E-state index contributed by atoms with van der Waals surface area (Å²) in [6.07, 6.45) is 1.07. The van der Waals surface area contributed by atoms with Crippen LogP contribution in [0.15, 0.2) is 42.5 Å². The second-order valence-electron chi connectivity index (χ2n) is 5.79. The van der Waals surface area contributed by atoms with Crippen molar-refractivity contribution < 1.29 is 14.3 Å². The molecule has 0 saturated carbocycles. The molecule has 0 saturated heterocycles. The van der Waals surface area contributed by atoms with Crippen molar-refractivity contribution in [1.29, 1.82) is 0 Å². The molecule has 1 atom stereocenters. The lowest BCUT2D eigenvalue weighted by molar-refractivity contribution is -0.116. The number of ether oxygens (including phenoxy) is 1. The van der Waals surface area contributed by atoms with Crippen LogP contribution in [-0.2, 0) is 11.2 Å². The number of carbonyl (C=O) groups excluding carboxylic acids is 2.